The highest BCUT2D eigenvalue weighted by Crippen LogP contribution is 2.11. The number of hydrogen-bond acceptors (Lipinski definition) is 3. The van der Waals surface area contributed by atoms with Crippen molar-refractivity contribution in [1.29, 1.82) is 0 Å². The van der Waals surface area contributed by atoms with Crippen LogP contribution in [0.4, 0.5) is 0 Å². The first kappa shape index (κ1) is 14.2. The van der Waals surface area contributed by atoms with Gasteiger partial charge in [-0.2, -0.15) is 0 Å². The van der Waals surface area contributed by atoms with E-state index in [9.17, 15) is 9.59 Å². The fourth-order valence-corrected chi connectivity index (χ4v) is 1.89. The molecule has 0 bridgehead atoms. The summed E-state index contributed by atoms with van der Waals surface area (Å²) in [4.78, 5) is 24.0. The molecular formula is C17H16O3. The number of Topliss-reactive ketones (excluding diaryl/α,β-unsaturated/α-hetero) is 2. The van der Waals surface area contributed by atoms with E-state index in [1.807, 2.05) is 19.1 Å². The Labute approximate surface area is 117 Å². The van der Waals surface area contributed by atoms with Crippen LogP contribution in [0.25, 0.3) is 0 Å². The summed E-state index contributed by atoms with van der Waals surface area (Å²) in [5.74, 6) is -0.388. The molecule has 1 N–H and O–H groups in total. The Hall–Kier alpha value is -2.26. The maximum Gasteiger partial charge on any atom is 0.170 e. The van der Waals surface area contributed by atoms with E-state index in [0.29, 0.717) is 11.1 Å². The van der Waals surface area contributed by atoms with Gasteiger partial charge in [-0.15, -0.1) is 0 Å². The number of benzene rings is 2. The van der Waals surface area contributed by atoms with Gasteiger partial charge in [0.15, 0.2) is 11.6 Å². The quantitative estimate of drug-likeness (QED) is 0.670. The summed E-state index contributed by atoms with van der Waals surface area (Å²) in [5, 5.41) is 8.94. The molecule has 3 heteroatoms. The van der Waals surface area contributed by atoms with E-state index in [0.717, 1.165) is 11.1 Å². The molecule has 102 valence electrons. The molecule has 2 rings (SSSR count). The van der Waals surface area contributed by atoms with E-state index in [1.54, 1.807) is 36.4 Å². The summed E-state index contributed by atoms with van der Waals surface area (Å²) in [7, 11) is 0. The van der Waals surface area contributed by atoms with Crippen molar-refractivity contribution in [3.05, 3.63) is 70.8 Å². The van der Waals surface area contributed by atoms with Crippen LogP contribution in [-0.2, 0) is 6.61 Å². The molecule has 0 aliphatic heterocycles. The van der Waals surface area contributed by atoms with Crippen LogP contribution in [-0.4, -0.2) is 16.7 Å². The molecule has 0 atom stereocenters. The number of rotatable bonds is 5. The molecule has 0 aliphatic carbocycles. The summed E-state index contributed by atoms with van der Waals surface area (Å²) < 4.78 is 0. The van der Waals surface area contributed by atoms with Gasteiger partial charge in [-0.25, -0.2) is 0 Å². The Morgan fingerprint density at radius 2 is 1.30 bits per heavy atom. The van der Waals surface area contributed by atoms with Crippen molar-refractivity contribution in [2.45, 2.75) is 20.0 Å². The predicted molar refractivity (Wildman–Crippen MR) is 76.8 cm³/mol. The van der Waals surface area contributed by atoms with Gasteiger partial charge < -0.3 is 5.11 Å². The largest absolute Gasteiger partial charge is 0.392 e. The molecule has 20 heavy (non-hydrogen) atoms. The van der Waals surface area contributed by atoms with Crippen molar-refractivity contribution >= 4 is 11.6 Å². The third kappa shape index (κ3) is 3.39. The lowest BCUT2D eigenvalue weighted by Crippen LogP contribution is -2.08. The predicted octanol–water partition coefficient (Wildman–Crippen LogP) is 2.94. The van der Waals surface area contributed by atoms with Crippen LogP contribution < -0.4 is 0 Å². The van der Waals surface area contributed by atoms with Gasteiger partial charge in [0, 0.05) is 11.1 Å². The molecule has 0 saturated heterocycles. The first-order chi connectivity index (χ1) is 9.60. The number of hydrogen-bond donors (Lipinski definition) is 1. The van der Waals surface area contributed by atoms with Crippen LogP contribution in [0.5, 0.6) is 0 Å². The molecule has 0 unspecified atom stereocenters. The second-order valence-electron chi connectivity index (χ2n) is 4.74. The van der Waals surface area contributed by atoms with Crippen molar-refractivity contribution in [2.75, 3.05) is 0 Å². The third-order valence-corrected chi connectivity index (χ3v) is 3.15. The van der Waals surface area contributed by atoms with Gasteiger partial charge in [-0.3, -0.25) is 9.59 Å². The summed E-state index contributed by atoms with van der Waals surface area (Å²) in [6.45, 7) is 1.89. The van der Waals surface area contributed by atoms with Gasteiger partial charge in [-0.1, -0.05) is 54.1 Å². The van der Waals surface area contributed by atoms with Crippen molar-refractivity contribution in [3.63, 3.8) is 0 Å². The molecule has 0 fully saturated rings. The highest BCUT2D eigenvalue weighted by molar-refractivity contribution is 6.13. The SMILES string of the molecule is Cc1ccc(C(=O)CC(=O)c2ccc(CO)cc2)cc1. The Bertz CT molecular complexity index is 610. The monoisotopic (exact) mass is 268 g/mol. The fourth-order valence-electron chi connectivity index (χ4n) is 1.89. The van der Waals surface area contributed by atoms with Gasteiger partial charge >= 0.3 is 0 Å². The molecular weight excluding hydrogens is 252 g/mol. The number of aliphatic hydroxyl groups is 1. The lowest BCUT2D eigenvalue weighted by Gasteiger charge is -2.03. The Balaban J connectivity index is 2.06. The first-order valence-electron chi connectivity index (χ1n) is 6.43. The molecule has 2 aromatic carbocycles. The highest BCUT2D eigenvalue weighted by Gasteiger charge is 2.13. The number of carbonyl (C=O) groups is 2. The molecule has 3 nitrogen and oxygen atoms in total. The number of carbonyl (C=O) groups excluding carboxylic acids is 2. The van der Waals surface area contributed by atoms with Crippen LogP contribution in [0.1, 0.15) is 38.3 Å². The van der Waals surface area contributed by atoms with Crippen LogP contribution >= 0.6 is 0 Å². The van der Waals surface area contributed by atoms with E-state index in [-0.39, 0.29) is 24.6 Å². The second kappa shape index (κ2) is 6.26. The van der Waals surface area contributed by atoms with Crippen LogP contribution in [0.3, 0.4) is 0 Å². The average molecular weight is 268 g/mol. The molecule has 2 aromatic rings. The van der Waals surface area contributed by atoms with Gasteiger partial charge in [-0.05, 0) is 12.5 Å². The number of aliphatic hydroxyl groups excluding tert-OH is 1. The fraction of sp³-hybridized carbons (Fsp3) is 0.176. The lowest BCUT2D eigenvalue weighted by molar-refractivity contribution is 0.0894. The Morgan fingerprint density at radius 1 is 0.850 bits per heavy atom. The molecule has 0 spiro atoms. The van der Waals surface area contributed by atoms with Crippen LogP contribution in [0, 0.1) is 6.92 Å². The summed E-state index contributed by atoms with van der Waals surface area (Å²) >= 11 is 0. The lowest BCUT2D eigenvalue weighted by atomic mass is 10.0. The summed E-state index contributed by atoms with van der Waals surface area (Å²) in [6, 6.07) is 13.8. The molecule has 0 amide bonds. The molecule has 0 aliphatic rings. The van der Waals surface area contributed by atoms with Crippen LogP contribution in [0.2, 0.25) is 0 Å². The highest BCUT2D eigenvalue weighted by atomic mass is 16.3. The topological polar surface area (TPSA) is 54.4 Å². The third-order valence-electron chi connectivity index (χ3n) is 3.15. The molecule has 0 radical (unpaired) electrons. The van der Waals surface area contributed by atoms with E-state index >= 15 is 0 Å². The zero-order valence-corrected chi connectivity index (χ0v) is 11.3. The van der Waals surface area contributed by atoms with E-state index in [2.05, 4.69) is 0 Å². The maximum absolute atomic E-state index is 12.0. The normalized spacial score (nSPS) is 10.3. The second-order valence-corrected chi connectivity index (χ2v) is 4.74. The van der Waals surface area contributed by atoms with Gasteiger partial charge in [0.1, 0.15) is 0 Å². The van der Waals surface area contributed by atoms with Gasteiger partial charge in [0.25, 0.3) is 0 Å². The molecule has 0 aromatic heterocycles. The van der Waals surface area contributed by atoms with Gasteiger partial charge in [0.05, 0.1) is 13.0 Å². The standard InChI is InChI=1S/C17H16O3/c1-12-2-6-14(7-3-12)16(19)10-17(20)15-8-4-13(11-18)5-9-15/h2-9,18H,10-11H2,1H3. The van der Waals surface area contributed by atoms with Crippen molar-refractivity contribution in [3.8, 4) is 0 Å². The van der Waals surface area contributed by atoms with E-state index in [1.165, 1.54) is 0 Å². The number of aryl methyl sites for hydroxylation is 1. The zero-order chi connectivity index (χ0) is 14.5. The Morgan fingerprint density at radius 3 is 1.75 bits per heavy atom. The minimum absolute atomic E-state index is 0.0588. The number of ketones is 2. The average Bonchev–Trinajstić information content (AvgIpc) is 2.48. The maximum atomic E-state index is 12.0. The van der Waals surface area contributed by atoms with Crippen molar-refractivity contribution in [2.24, 2.45) is 0 Å². The minimum Gasteiger partial charge on any atom is -0.392 e. The van der Waals surface area contributed by atoms with Crippen molar-refractivity contribution < 1.29 is 14.7 Å². The van der Waals surface area contributed by atoms with E-state index in [4.69, 9.17) is 5.11 Å². The Kier molecular flexibility index (Phi) is 4.43. The summed E-state index contributed by atoms with van der Waals surface area (Å²) in [6.07, 6.45) is -0.137. The zero-order valence-electron chi connectivity index (χ0n) is 11.3. The molecule has 0 saturated carbocycles. The van der Waals surface area contributed by atoms with Crippen LogP contribution in [0.15, 0.2) is 48.5 Å². The summed E-state index contributed by atoms with van der Waals surface area (Å²) in [5.41, 5.74) is 2.86. The first-order valence-corrected chi connectivity index (χ1v) is 6.43. The minimum atomic E-state index is -0.208. The van der Waals surface area contributed by atoms with Gasteiger partial charge in [0.2, 0.25) is 0 Å². The molecule has 0 heterocycles. The van der Waals surface area contributed by atoms with Crippen molar-refractivity contribution in [1.82, 2.24) is 0 Å². The van der Waals surface area contributed by atoms with E-state index < -0.39 is 0 Å². The smallest absolute Gasteiger partial charge is 0.170 e.